The lowest BCUT2D eigenvalue weighted by Gasteiger charge is -2.36. The SMILES string of the molecule is C=CCNC(=O)CN1CCN(C(C)C(=O)NC(=O)NC)CC1. The zero-order chi connectivity index (χ0) is 16.5. The molecule has 0 aromatic rings. The summed E-state index contributed by atoms with van der Waals surface area (Å²) < 4.78 is 0. The number of urea groups is 1. The van der Waals surface area contributed by atoms with E-state index in [0.717, 1.165) is 0 Å². The average molecular weight is 311 g/mol. The van der Waals surface area contributed by atoms with Crippen LogP contribution in [-0.2, 0) is 9.59 Å². The van der Waals surface area contributed by atoms with Crippen LogP contribution in [0.3, 0.4) is 0 Å². The van der Waals surface area contributed by atoms with Crippen molar-refractivity contribution in [1.29, 1.82) is 0 Å². The normalized spacial score (nSPS) is 17.4. The number of rotatable bonds is 6. The minimum Gasteiger partial charge on any atom is -0.352 e. The Morgan fingerprint density at radius 1 is 1.23 bits per heavy atom. The van der Waals surface area contributed by atoms with E-state index in [-0.39, 0.29) is 17.9 Å². The number of nitrogens with zero attached hydrogens (tertiary/aromatic N) is 2. The number of hydrogen-bond donors (Lipinski definition) is 3. The maximum absolute atomic E-state index is 11.9. The highest BCUT2D eigenvalue weighted by Crippen LogP contribution is 2.06. The van der Waals surface area contributed by atoms with Crippen LogP contribution in [-0.4, -0.2) is 80.0 Å². The van der Waals surface area contributed by atoms with E-state index in [9.17, 15) is 14.4 Å². The molecule has 0 aliphatic carbocycles. The Labute approximate surface area is 130 Å². The molecule has 1 aliphatic heterocycles. The summed E-state index contributed by atoms with van der Waals surface area (Å²) in [6.07, 6.45) is 1.64. The van der Waals surface area contributed by atoms with Crippen LogP contribution in [0.2, 0.25) is 0 Å². The van der Waals surface area contributed by atoms with Gasteiger partial charge in [0.2, 0.25) is 11.8 Å². The quantitative estimate of drug-likeness (QED) is 0.533. The van der Waals surface area contributed by atoms with Crippen molar-refractivity contribution in [3.63, 3.8) is 0 Å². The maximum Gasteiger partial charge on any atom is 0.321 e. The van der Waals surface area contributed by atoms with Crippen LogP contribution in [0.5, 0.6) is 0 Å². The van der Waals surface area contributed by atoms with Gasteiger partial charge in [-0.05, 0) is 6.92 Å². The molecule has 0 aromatic carbocycles. The fourth-order valence-corrected chi connectivity index (χ4v) is 2.20. The van der Waals surface area contributed by atoms with Gasteiger partial charge in [-0.25, -0.2) is 4.79 Å². The van der Waals surface area contributed by atoms with Gasteiger partial charge in [0.05, 0.1) is 12.6 Å². The van der Waals surface area contributed by atoms with Crippen molar-refractivity contribution in [3.05, 3.63) is 12.7 Å². The molecule has 0 saturated carbocycles. The van der Waals surface area contributed by atoms with Crippen LogP contribution in [0, 0.1) is 0 Å². The van der Waals surface area contributed by atoms with Crippen LogP contribution in [0.1, 0.15) is 6.92 Å². The maximum atomic E-state index is 11.9. The molecule has 4 amide bonds. The summed E-state index contributed by atoms with van der Waals surface area (Å²) in [5.41, 5.74) is 0. The van der Waals surface area contributed by atoms with Gasteiger partial charge >= 0.3 is 6.03 Å². The van der Waals surface area contributed by atoms with Gasteiger partial charge in [0.25, 0.3) is 0 Å². The van der Waals surface area contributed by atoms with E-state index < -0.39 is 6.03 Å². The van der Waals surface area contributed by atoms with Gasteiger partial charge in [0.1, 0.15) is 0 Å². The monoisotopic (exact) mass is 311 g/mol. The third-order valence-electron chi connectivity index (χ3n) is 3.61. The lowest BCUT2D eigenvalue weighted by molar-refractivity contribution is -0.127. The number of nitrogens with one attached hydrogen (secondary N) is 3. The standard InChI is InChI=1S/C14H25N5O3/c1-4-5-16-12(20)10-18-6-8-19(9-7-18)11(2)13(21)17-14(22)15-3/h4,11H,1,5-10H2,2-3H3,(H,16,20)(H2,15,17,21,22). The molecule has 1 aliphatic rings. The highest BCUT2D eigenvalue weighted by atomic mass is 16.2. The first-order chi connectivity index (χ1) is 10.5. The fraction of sp³-hybridized carbons (Fsp3) is 0.643. The van der Waals surface area contributed by atoms with Crippen LogP contribution < -0.4 is 16.0 Å². The summed E-state index contributed by atoms with van der Waals surface area (Å²) in [4.78, 5) is 38.7. The molecule has 1 atom stereocenters. The molecule has 124 valence electrons. The van der Waals surface area contributed by atoms with Crippen molar-refractivity contribution in [2.45, 2.75) is 13.0 Å². The minimum absolute atomic E-state index is 0.0289. The second-order valence-electron chi connectivity index (χ2n) is 5.15. The molecule has 1 unspecified atom stereocenters. The smallest absolute Gasteiger partial charge is 0.321 e. The number of carbonyl (C=O) groups excluding carboxylic acids is 3. The Morgan fingerprint density at radius 2 is 1.86 bits per heavy atom. The second-order valence-corrected chi connectivity index (χ2v) is 5.15. The predicted octanol–water partition coefficient (Wildman–Crippen LogP) is -1.25. The molecule has 1 heterocycles. The molecule has 1 rings (SSSR count). The molecule has 0 radical (unpaired) electrons. The van der Waals surface area contributed by atoms with Gasteiger partial charge in [0.15, 0.2) is 0 Å². The summed E-state index contributed by atoms with van der Waals surface area (Å²) in [7, 11) is 1.46. The van der Waals surface area contributed by atoms with Crippen molar-refractivity contribution in [3.8, 4) is 0 Å². The van der Waals surface area contributed by atoms with E-state index in [4.69, 9.17) is 0 Å². The zero-order valence-corrected chi connectivity index (χ0v) is 13.2. The van der Waals surface area contributed by atoms with Crippen molar-refractivity contribution in [2.24, 2.45) is 0 Å². The van der Waals surface area contributed by atoms with Crippen molar-refractivity contribution in [2.75, 3.05) is 46.3 Å². The van der Waals surface area contributed by atoms with Gasteiger partial charge in [0, 0.05) is 39.8 Å². The molecule has 8 nitrogen and oxygen atoms in total. The number of amides is 4. The van der Waals surface area contributed by atoms with E-state index in [1.54, 1.807) is 13.0 Å². The molecular weight excluding hydrogens is 286 g/mol. The van der Waals surface area contributed by atoms with Crippen LogP contribution >= 0.6 is 0 Å². The molecule has 0 aromatic heterocycles. The lowest BCUT2D eigenvalue weighted by atomic mass is 10.2. The van der Waals surface area contributed by atoms with Gasteiger partial charge in [-0.2, -0.15) is 0 Å². The first-order valence-electron chi connectivity index (χ1n) is 7.34. The first-order valence-corrected chi connectivity index (χ1v) is 7.34. The molecular formula is C14H25N5O3. The van der Waals surface area contributed by atoms with Gasteiger partial charge in [-0.1, -0.05) is 6.08 Å². The number of imide groups is 1. The summed E-state index contributed by atoms with van der Waals surface area (Å²) in [5.74, 6) is -0.352. The Balaban J connectivity index is 2.35. The van der Waals surface area contributed by atoms with Gasteiger partial charge in [-0.15, -0.1) is 6.58 Å². The largest absolute Gasteiger partial charge is 0.352 e. The summed E-state index contributed by atoms with van der Waals surface area (Å²) in [6, 6.07) is -0.886. The summed E-state index contributed by atoms with van der Waals surface area (Å²) in [5, 5.41) is 7.36. The zero-order valence-electron chi connectivity index (χ0n) is 13.2. The highest BCUT2D eigenvalue weighted by molar-refractivity contribution is 5.96. The Morgan fingerprint density at radius 3 is 2.41 bits per heavy atom. The Bertz CT molecular complexity index is 419. The molecule has 1 fully saturated rings. The number of carbonyl (C=O) groups is 3. The minimum atomic E-state index is -0.505. The molecule has 0 spiro atoms. The first kappa shape index (κ1) is 18.1. The number of hydrogen-bond acceptors (Lipinski definition) is 5. The number of piperazine rings is 1. The molecule has 8 heteroatoms. The van der Waals surface area contributed by atoms with Crippen molar-refractivity contribution < 1.29 is 14.4 Å². The summed E-state index contributed by atoms with van der Waals surface area (Å²) >= 11 is 0. The van der Waals surface area contributed by atoms with E-state index in [2.05, 4.69) is 22.5 Å². The molecule has 0 bridgehead atoms. The topological polar surface area (TPSA) is 93.8 Å². The van der Waals surface area contributed by atoms with E-state index in [1.165, 1.54) is 7.05 Å². The van der Waals surface area contributed by atoms with Crippen molar-refractivity contribution in [1.82, 2.24) is 25.8 Å². The molecule has 1 saturated heterocycles. The Kier molecular flexibility index (Phi) is 7.55. The van der Waals surface area contributed by atoms with E-state index in [0.29, 0.717) is 39.3 Å². The Hall–Kier alpha value is -1.93. The average Bonchev–Trinajstić information content (AvgIpc) is 2.52. The van der Waals surface area contributed by atoms with Crippen LogP contribution in [0.15, 0.2) is 12.7 Å². The van der Waals surface area contributed by atoms with Gasteiger partial charge < -0.3 is 10.6 Å². The van der Waals surface area contributed by atoms with E-state index >= 15 is 0 Å². The lowest BCUT2D eigenvalue weighted by Crippen LogP contribution is -2.56. The fourth-order valence-electron chi connectivity index (χ4n) is 2.20. The van der Waals surface area contributed by atoms with Crippen LogP contribution in [0.4, 0.5) is 4.79 Å². The molecule has 3 N–H and O–H groups in total. The third kappa shape index (κ3) is 5.82. The predicted molar refractivity (Wildman–Crippen MR) is 83.3 cm³/mol. The third-order valence-corrected chi connectivity index (χ3v) is 3.61. The summed E-state index contributed by atoms with van der Waals surface area (Å²) in [6.45, 7) is 8.90. The highest BCUT2D eigenvalue weighted by Gasteiger charge is 2.26. The second kappa shape index (κ2) is 9.16. The molecule has 22 heavy (non-hydrogen) atoms. The van der Waals surface area contributed by atoms with Gasteiger partial charge in [-0.3, -0.25) is 24.7 Å². The van der Waals surface area contributed by atoms with Crippen molar-refractivity contribution >= 4 is 17.8 Å². The van der Waals surface area contributed by atoms with E-state index in [1.807, 2.05) is 9.80 Å². The van der Waals surface area contributed by atoms with Crippen LogP contribution in [0.25, 0.3) is 0 Å².